The highest BCUT2D eigenvalue weighted by Gasteiger charge is 2.22. The van der Waals surface area contributed by atoms with Crippen LogP contribution >= 0.6 is 11.3 Å². The topological polar surface area (TPSA) is 64.6 Å². The highest BCUT2D eigenvalue weighted by molar-refractivity contribution is 7.15. The summed E-state index contributed by atoms with van der Waals surface area (Å²) in [7, 11) is 1.33. The van der Waals surface area contributed by atoms with Crippen LogP contribution in [0.1, 0.15) is 39.6 Å². The van der Waals surface area contributed by atoms with Crippen LogP contribution in [-0.4, -0.2) is 25.6 Å². The number of benzene rings is 2. The van der Waals surface area contributed by atoms with Crippen LogP contribution in [0.4, 0.5) is 5.00 Å². The number of carbonyl (C=O) groups is 2. The third-order valence-corrected chi connectivity index (χ3v) is 5.25. The molecule has 0 aliphatic heterocycles. The van der Waals surface area contributed by atoms with Crippen molar-refractivity contribution in [1.29, 1.82) is 0 Å². The number of esters is 1. The number of ether oxygens (including phenoxy) is 2. The molecule has 0 radical (unpaired) electrons. The minimum atomic E-state index is -0.494. The van der Waals surface area contributed by atoms with Gasteiger partial charge in [0, 0.05) is 16.5 Å². The highest BCUT2D eigenvalue weighted by Crippen LogP contribution is 2.37. The first-order chi connectivity index (χ1) is 14.0. The molecule has 1 heterocycles. The number of hydrogen-bond acceptors (Lipinski definition) is 5. The molecule has 3 aromatic rings. The van der Waals surface area contributed by atoms with E-state index in [4.69, 9.17) is 9.47 Å². The van der Waals surface area contributed by atoms with Gasteiger partial charge in [-0.1, -0.05) is 36.8 Å². The number of anilines is 1. The van der Waals surface area contributed by atoms with E-state index in [1.807, 2.05) is 48.7 Å². The maximum absolute atomic E-state index is 12.6. The van der Waals surface area contributed by atoms with Gasteiger partial charge in [-0.3, -0.25) is 4.79 Å². The van der Waals surface area contributed by atoms with E-state index in [-0.39, 0.29) is 5.91 Å². The Kier molecular flexibility index (Phi) is 6.67. The number of amides is 1. The molecule has 0 fully saturated rings. The number of hydrogen-bond donors (Lipinski definition) is 1. The first-order valence-electron chi connectivity index (χ1n) is 9.34. The normalized spacial score (nSPS) is 10.4. The van der Waals surface area contributed by atoms with Gasteiger partial charge < -0.3 is 14.8 Å². The molecule has 0 saturated carbocycles. The van der Waals surface area contributed by atoms with E-state index in [0.29, 0.717) is 28.3 Å². The zero-order valence-electron chi connectivity index (χ0n) is 16.7. The van der Waals surface area contributed by atoms with Crippen LogP contribution in [0.25, 0.3) is 11.1 Å². The molecule has 6 heteroatoms. The Hall–Kier alpha value is -3.12. The van der Waals surface area contributed by atoms with E-state index >= 15 is 0 Å². The average Bonchev–Trinajstić information content (AvgIpc) is 3.16. The Balaban J connectivity index is 1.89. The first-order valence-corrected chi connectivity index (χ1v) is 10.2. The lowest BCUT2D eigenvalue weighted by molar-refractivity contribution is 0.0603. The molecule has 0 spiro atoms. The van der Waals surface area contributed by atoms with Crippen LogP contribution in [0.3, 0.4) is 0 Å². The molecule has 150 valence electrons. The van der Waals surface area contributed by atoms with Crippen LogP contribution < -0.4 is 10.1 Å². The second kappa shape index (κ2) is 9.39. The summed E-state index contributed by atoms with van der Waals surface area (Å²) in [6.07, 6.45) is 0.933. The maximum Gasteiger partial charge on any atom is 0.341 e. The Morgan fingerprint density at radius 3 is 2.34 bits per heavy atom. The molecule has 0 saturated heterocycles. The monoisotopic (exact) mass is 409 g/mol. The van der Waals surface area contributed by atoms with Crippen LogP contribution in [-0.2, 0) is 4.74 Å². The third-order valence-electron chi connectivity index (χ3n) is 4.36. The van der Waals surface area contributed by atoms with Crippen molar-refractivity contribution in [3.05, 3.63) is 70.6 Å². The zero-order valence-corrected chi connectivity index (χ0v) is 17.5. The van der Waals surface area contributed by atoms with Crippen molar-refractivity contribution in [3.63, 3.8) is 0 Å². The van der Waals surface area contributed by atoms with Gasteiger partial charge in [0.15, 0.2) is 0 Å². The summed E-state index contributed by atoms with van der Waals surface area (Å²) in [6.45, 7) is 4.66. The number of carbonyl (C=O) groups excluding carboxylic acids is 2. The fraction of sp³-hybridized carbons (Fsp3) is 0.217. The minimum Gasteiger partial charge on any atom is -0.494 e. The molecule has 3 rings (SSSR count). The van der Waals surface area contributed by atoms with Crippen molar-refractivity contribution in [3.8, 4) is 16.9 Å². The van der Waals surface area contributed by atoms with Crippen molar-refractivity contribution < 1.29 is 19.1 Å². The lowest BCUT2D eigenvalue weighted by Crippen LogP contribution is -2.14. The average molecular weight is 410 g/mol. The van der Waals surface area contributed by atoms with E-state index in [0.717, 1.165) is 23.3 Å². The second-order valence-corrected chi connectivity index (χ2v) is 7.42. The largest absolute Gasteiger partial charge is 0.494 e. The maximum atomic E-state index is 12.6. The molecular formula is C23H23NO4S. The molecule has 29 heavy (non-hydrogen) atoms. The van der Waals surface area contributed by atoms with Crippen LogP contribution in [0.2, 0.25) is 0 Å². The van der Waals surface area contributed by atoms with Crippen molar-refractivity contribution in [1.82, 2.24) is 0 Å². The number of aryl methyl sites for hydroxylation is 1. The highest BCUT2D eigenvalue weighted by atomic mass is 32.1. The van der Waals surface area contributed by atoms with E-state index < -0.39 is 5.97 Å². The van der Waals surface area contributed by atoms with Gasteiger partial charge in [0.1, 0.15) is 16.3 Å². The van der Waals surface area contributed by atoms with Gasteiger partial charge in [0.2, 0.25) is 0 Å². The summed E-state index contributed by atoms with van der Waals surface area (Å²) >= 11 is 1.29. The van der Waals surface area contributed by atoms with Gasteiger partial charge in [-0.05, 0) is 43.2 Å². The standard InChI is InChI=1S/C23H23NO4S/c1-4-13-28-18-11-9-16(10-12-18)19-14-29-22(20(19)23(26)27-3)24-21(25)17-7-5-15(2)6-8-17/h5-12,14H,4,13H2,1-3H3,(H,24,25). The Morgan fingerprint density at radius 1 is 1.03 bits per heavy atom. The first kappa shape index (κ1) is 20.6. The number of rotatable bonds is 7. The molecule has 1 aromatic heterocycles. The van der Waals surface area contributed by atoms with E-state index in [9.17, 15) is 9.59 Å². The summed E-state index contributed by atoms with van der Waals surface area (Å²) < 4.78 is 10.6. The molecule has 0 aliphatic carbocycles. The van der Waals surface area contributed by atoms with Crippen LogP contribution in [0.5, 0.6) is 5.75 Å². The predicted molar refractivity (Wildman–Crippen MR) is 116 cm³/mol. The molecule has 5 nitrogen and oxygen atoms in total. The van der Waals surface area contributed by atoms with Gasteiger partial charge in [-0.25, -0.2) is 4.79 Å². The zero-order chi connectivity index (χ0) is 20.8. The van der Waals surface area contributed by atoms with E-state index in [2.05, 4.69) is 12.2 Å². The summed E-state index contributed by atoms with van der Waals surface area (Å²) in [6, 6.07) is 14.8. The fourth-order valence-corrected chi connectivity index (χ4v) is 3.75. The second-order valence-electron chi connectivity index (χ2n) is 6.54. The summed E-state index contributed by atoms with van der Waals surface area (Å²) in [5, 5.41) is 5.15. The molecule has 1 amide bonds. The number of methoxy groups -OCH3 is 1. The molecule has 0 aliphatic rings. The fourth-order valence-electron chi connectivity index (χ4n) is 2.80. The summed E-state index contributed by atoms with van der Waals surface area (Å²) in [5.41, 5.74) is 3.50. The van der Waals surface area contributed by atoms with Gasteiger partial charge >= 0.3 is 5.97 Å². The molecular weight excluding hydrogens is 386 g/mol. The Morgan fingerprint density at radius 2 is 1.72 bits per heavy atom. The smallest absolute Gasteiger partial charge is 0.341 e. The number of nitrogens with one attached hydrogen (secondary N) is 1. The van der Waals surface area contributed by atoms with E-state index in [1.54, 1.807) is 12.1 Å². The molecule has 2 aromatic carbocycles. The molecule has 0 bridgehead atoms. The van der Waals surface area contributed by atoms with Gasteiger partial charge in [-0.2, -0.15) is 0 Å². The van der Waals surface area contributed by atoms with Gasteiger partial charge in [0.05, 0.1) is 13.7 Å². The molecule has 0 atom stereocenters. The Labute approximate surface area is 174 Å². The van der Waals surface area contributed by atoms with E-state index in [1.165, 1.54) is 18.4 Å². The summed E-state index contributed by atoms with van der Waals surface area (Å²) in [5.74, 6) is 0.0111. The SMILES string of the molecule is CCCOc1ccc(-c2csc(NC(=O)c3ccc(C)cc3)c2C(=O)OC)cc1. The molecule has 1 N–H and O–H groups in total. The lowest BCUT2D eigenvalue weighted by atomic mass is 10.0. The van der Waals surface area contributed by atoms with Crippen molar-refractivity contribution in [2.24, 2.45) is 0 Å². The quantitative estimate of drug-likeness (QED) is 0.520. The lowest BCUT2D eigenvalue weighted by Gasteiger charge is -2.09. The molecule has 0 unspecified atom stereocenters. The Bertz CT molecular complexity index is 991. The summed E-state index contributed by atoms with van der Waals surface area (Å²) in [4.78, 5) is 25.1. The van der Waals surface area contributed by atoms with Crippen molar-refractivity contribution >= 4 is 28.2 Å². The van der Waals surface area contributed by atoms with Gasteiger partial charge in [-0.15, -0.1) is 11.3 Å². The van der Waals surface area contributed by atoms with Crippen LogP contribution in [0.15, 0.2) is 53.9 Å². The number of thiophene rings is 1. The van der Waals surface area contributed by atoms with Gasteiger partial charge in [0.25, 0.3) is 5.91 Å². The van der Waals surface area contributed by atoms with Crippen molar-refractivity contribution in [2.75, 3.05) is 19.0 Å². The minimum absolute atomic E-state index is 0.271. The van der Waals surface area contributed by atoms with Crippen LogP contribution in [0, 0.1) is 6.92 Å². The third kappa shape index (κ3) is 4.84. The van der Waals surface area contributed by atoms with Crippen molar-refractivity contribution in [2.45, 2.75) is 20.3 Å². The predicted octanol–water partition coefficient (Wildman–Crippen LogP) is 5.55.